The number of carboxylic acid groups (broad SMARTS) is 1. The van der Waals surface area contributed by atoms with Gasteiger partial charge in [0.15, 0.2) is 0 Å². The molecular formula is C10H12BrNO3S. The first-order valence-electron chi connectivity index (χ1n) is 4.64. The fraction of sp³-hybridized carbons (Fsp3) is 0.400. The molecule has 0 unspecified atom stereocenters. The van der Waals surface area contributed by atoms with E-state index in [-0.39, 0.29) is 18.9 Å². The number of nitrogens with zero attached hydrogens (tertiary/aromatic N) is 1. The number of aliphatic carboxylic acids is 1. The molecule has 16 heavy (non-hydrogen) atoms. The molecule has 0 saturated heterocycles. The van der Waals surface area contributed by atoms with Gasteiger partial charge in [0.2, 0.25) is 0 Å². The number of hydrogen-bond donors (Lipinski definition) is 1. The van der Waals surface area contributed by atoms with Gasteiger partial charge in [0.05, 0.1) is 6.42 Å². The van der Waals surface area contributed by atoms with Crippen molar-refractivity contribution in [3.05, 3.63) is 20.3 Å². The minimum atomic E-state index is -0.902. The van der Waals surface area contributed by atoms with Gasteiger partial charge in [0.1, 0.15) is 4.88 Å². The smallest absolute Gasteiger partial charge is 0.305 e. The van der Waals surface area contributed by atoms with E-state index in [1.165, 1.54) is 16.2 Å². The number of hydrogen-bond acceptors (Lipinski definition) is 3. The standard InChI is InChI=1S/C10H12BrNO3S/c1-6-5-16-9(8(6)11)10(15)12(2)4-3-7(13)14/h5H,3-4H2,1-2H3,(H,13,14). The molecule has 1 aromatic heterocycles. The fourth-order valence-corrected chi connectivity index (χ4v) is 2.76. The van der Waals surface area contributed by atoms with Crippen LogP contribution in [0.2, 0.25) is 0 Å². The van der Waals surface area contributed by atoms with Crippen LogP contribution in [-0.4, -0.2) is 35.5 Å². The first-order chi connectivity index (χ1) is 7.43. The second-order valence-corrected chi connectivity index (χ2v) is 5.10. The first kappa shape index (κ1) is 13.2. The van der Waals surface area contributed by atoms with Gasteiger partial charge in [-0.3, -0.25) is 9.59 Å². The summed E-state index contributed by atoms with van der Waals surface area (Å²) in [5.41, 5.74) is 1.01. The summed E-state index contributed by atoms with van der Waals surface area (Å²) >= 11 is 4.71. The summed E-state index contributed by atoms with van der Waals surface area (Å²) in [5, 5.41) is 10.4. The molecule has 0 radical (unpaired) electrons. The van der Waals surface area contributed by atoms with Crippen molar-refractivity contribution in [3.63, 3.8) is 0 Å². The molecule has 4 nitrogen and oxygen atoms in total. The van der Waals surface area contributed by atoms with Gasteiger partial charge in [-0.25, -0.2) is 0 Å². The molecule has 0 atom stereocenters. The van der Waals surface area contributed by atoms with Crippen molar-refractivity contribution >= 4 is 39.1 Å². The molecule has 1 rings (SSSR count). The number of carbonyl (C=O) groups is 2. The van der Waals surface area contributed by atoms with E-state index in [1.807, 2.05) is 12.3 Å². The number of carbonyl (C=O) groups excluding carboxylic acids is 1. The Balaban J connectivity index is 2.71. The van der Waals surface area contributed by atoms with Crippen LogP contribution in [0.3, 0.4) is 0 Å². The average molecular weight is 306 g/mol. The molecule has 0 aliphatic carbocycles. The highest BCUT2D eigenvalue weighted by Crippen LogP contribution is 2.28. The zero-order valence-corrected chi connectivity index (χ0v) is 11.4. The van der Waals surface area contributed by atoms with Crippen molar-refractivity contribution in [3.8, 4) is 0 Å². The zero-order chi connectivity index (χ0) is 12.3. The molecule has 1 heterocycles. The maximum Gasteiger partial charge on any atom is 0.305 e. The number of halogens is 1. The molecule has 1 amide bonds. The van der Waals surface area contributed by atoms with Gasteiger partial charge in [-0.05, 0) is 33.8 Å². The number of rotatable bonds is 4. The van der Waals surface area contributed by atoms with Crippen LogP contribution < -0.4 is 0 Å². The second kappa shape index (κ2) is 5.45. The SMILES string of the molecule is Cc1csc(C(=O)N(C)CCC(=O)O)c1Br. The predicted octanol–water partition coefficient (Wildman–Crippen LogP) is 2.37. The molecule has 88 valence electrons. The van der Waals surface area contributed by atoms with Crippen LogP contribution in [0.1, 0.15) is 21.7 Å². The molecule has 0 aliphatic rings. The Hall–Kier alpha value is -0.880. The van der Waals surface area contributed by atoms with Gasteiger partial charge in [-0.2, -0.15) is 0 Å². The van der Waals surface area contributed by atoms with Gasteiger partial charge in [-0.1, -0.05) is 0 Å². The van der Waals surface area contributed by atoms with Crippen molar-refractivity contribution in [2.24, 2.45) is 0 Å². The highest BCUT2D eigenvalue weighted by atomic mass is 79.9. The van der Waals surface area contributed by atoms with Crippen LogP contribution in [0.15, 0.2) is 9.85 Å². The van der Waals surface area contributed by atoms with E-state index >= 15 is 0 Å². The van der Waals surface area contributed by atoms with Crippen LogP contribution in [0.5, 0.6) is 0 Å². The highest BCUT2D eigenvalue weighted by Gasteiger charge is 2.18. The topological polar surface area (TPSA) is 57.6 Å². The lowest BCUT2D eigenvalue weighted by atomic mass is 10.3. The number of amides is 1. The van der Waals surface area contributed by atoms with Gasteiger partial charge in [0, 0.05) is 18.1 Å². The van der Waals surface area contributed by atoms with E-state index in [0.717, 1.165) is 10.0 Å². The Morgan fingerprint density at radius 2 is 2.19 bits per heavy atom. The van der Waals surface area contributed by atoms with Gasteiger partial charge >= 0.3 is 5.97 Å². The average Bonchev–Trinajstić information content (AvgIpc) is 2.55. The monoisotopic (exact) mass is 305 g/mol. The van der Waals surface area contributed by atoms with Crippen molar-refractivity contribution in [1.82, 2.24) is 4.90 Å². The largest absolute Gasteiger partial charge is 0.481 e. The third-order valence-corrected chi connectivity index (χ3v) is 4.47. The second-order valence-electron chi connectivity index (χ2n) is 3.43. The number of thiophene rings is 1. The number of carboxylic acids is 1. The molecule has 0 aromatic carbocycles. The van der Waals surface area contributed by atoms with Crippen LogP contribution in [-0.2, 0) is 4.79 Å². The van der Waals surface area contributed by atoms with Crippen LogP contribution in [0.4, 0.5) is 0 Å². The molecule has 0 aliphatic heterocycles. The van der Waals surface area contributed by atoms with Crippen molar-refractivity contribution in [1.29, 1.82) is 0 Å². The minimum Gasteiger partial charge on any atom is -0.481 e. The summed E-state index contributed by atoms with van der Waals surface area (Å²) in [7, 11) is 1.60. The summed E-state index contributed by atoms with van der Waals surface area (Å²) in [6.45, 7) is 2.13. The normalized spacial score (nSPS) is 10.2. The van der Waals surface area contributed by atoms with Gasteiger partial charge in [0.25, 0.3) is 5.91 Å². The van der Waals surface area contributed by atoms with Crippen LogP contribution in [0, 0.1) is 6.92 Å². The quantitative estimate of drug-likeness (QED) is 0.929. The van der Waals surface area contributed by atoms with E-state index in [2.05, 4.69) is 15.9 Å². The van der Waals surface area contributed by atoms with Crippen molar-refractivity contribution in [2.45, 2.75) is 13.3 Å². The van der Waals surface area contributed by atoms with E-state index in [9.17, 15) is 9.59 Å². The Morgan fingerprint density at radius 3 is 2.62 bits per heavy atom. The van der Waals surface area contributed by atoms with E-state index in [0.29, 0.717) is 4.88 Å². The van der Waals surface area contributed by atoms with E-state index in [1.54, 1.807) is 7.05 Å². The summed E-state index contributed by atoms with van der Waals surface area (Å²) in [4.78, 5) is 24.3. The Labute approximate surface area is 106 Å². The fourth-order valence-electron chi connectivity index (χ4n) is 1.11. The minimum absolute atomic E-state index is 0.0375. The van der Waals surface area contributed by atoms with Gasteiger partial charge in [-0.15, -0.1) is 11.3 Å². The van der Waals surface area contributed by atoms with Crippen molar-refractivity contribution < 1.29 is 14.7 Å². The van der Waals surface area contributed by atoms with Gasteiger partial charge < -0.3 is 10.0 Å². The Bertz CT molecular complexity index is 416. The molecule has 1 N–H and O–H groups in total. The number of aryl methyl sites for hydroxylation is 1. The third kappa shape index (κ3) is 3.05. The van der Waals surface area contributed by atoms with E-state index < -0.39 is 5.97 Å². The molecule has 0 saturated carbocycles. The summed E-state index contributed by atoms with van der Waals surface area (Å²) < 4.78 is 0.796. The predicted molar refractivity (Wildman–Crippen MR) is 66.0 cm³/mol. The summed E-state index contributed by atoms with van der Waals surface area (Å²) in [6.07, 6.45) is -0.0375. The van der Waals surface area contributed by atoms with Crippen molar-refractivity contribution in [2.75, 3.05) is 13.6 Å². The zero-order valence-electron chi connectivity index (χ0n) is 8.99. The maximum atomic E-state index is 11.9. The Morgan fingerprint density at radius 1 is 1.56 bits per heavy atom. The lowest BCUT2D eigenvalue weighted by Gasteiger charge is -2.15. The molecule has 1 aromatic rings. The van der Waals surface area contributed by atoms with E-state index in [4.69, 9.17) is 5.11 Å². The summed E-state index contributed by atoms with van der Waals surface area (Å²) in [6, 6.07) is 0. The molecular weight excluding hydrogens is 294 g/mol. The molecule has 6 heteroatoms. The first-order valence-corrected chi connectivity index (χ1v) is 6.31. The lowest BCUT2D eigenvalue weighted by Crippen LogP contribution is -2.28. The Kier molecular flexibility index (Phi) is 4.49. The molecule has 0 bridgehead atoms. The molecule has 0 fully saturated rings. The lowest BCUT2D eigenvalue weighted by molar-refractivity contribution is -0.137. The van der Waals surface area contributed by atoms with Crippen LogP contribution >= 0.6 is 27.3 Å². The molecule has 0 spiro atoms. The highest BCUT2D eigenvalue weighted by molar-refractivity contribution is 9.10. The summed E-state index contributed by atoms with van der Waals surface area (Å²) in [5.74, 6) is -1.05. The maximum absolute atomic E-state index is 11.9. The van der Waals surface area contributed by atoms with Crippen LogP contribution in [0.25, 0.3) is 0 Å². The third-order valence-electron chi connectivity index (χ3n) is 2.10.